The number of pyridine rings is 2. The van der Waals surface area contributed by atoms with Crippen LogP contribution in [-0.2, 0) is 0 Å². The highest BCUT2D eigenvalue weighted by Crippen LogP contribution is 2.33. The van der Waals surface area contributed by atoms with Crippen molar-refractivity contribution in [1.29, 1.82) is 0 Å². The van der Waals surface area contributed by atoms with Gasteiger partial charge in [-0.15, -0.1) is 0 Å². The minimum Gasteiger partial charge on any atom is -0.454 e. The number of aryl methyl sites for hydroxylation is 1. The maximum Gasteiger partial charge on any atom is 0.439 e. The molecule has 0 aliphatic heterocycles. The third kappa shape index (κ3) is 4.27. The van der Waals surface area contributed by atoms with E-state index < -0.39 is 17.6 Å². The molecule has 0 aliphatic rings. The van der Waals surface area contributed by atoms with Crippen molar-refractivity contribution in [2.45, 2.75) is 26.8 Å². The van der Waals surface area contributed by atoms with Gasteiger partial charge in [0.2, 0.25) is 5.82 Å². The van der Waals surface area contributed by atoms with E-state index in [4.69, 9.17) is 16.0 Å². The average Bonchev–Trinajstić information content (AvgIpc) is 3.29. The third-order valence-electron chi connectivity index (χ3n) is 5.72. The highest BCUT2D eigenvalue weighted by Gasteiger charge is 2.21. The number of halogens is 2. The van der Waals surface area contributed by atoms with Gasteiger partial charge in [-0.1, -0.05) is 22.8 Å². The van der Waals surface area contributed by atoms with Crippen molar-refractivity contribution < 1.29 is 13.3 Å². The van der Waals surface area contributed by atoms with Crippen LogP contribution in [0.5, 0.6) is 0 Å². The van der Waals surface area contributed by atoms with E-state index in [0.29, 0.717) is 33.5 Å². The van der Waals surface area contributed by atoms with Crippen LogP contribution in [-0.4, -0.2) is 20.1 Å². The predicted molar refractivity (Wildman–Crippen MR) is 133 cm³/mol. The van der Waals surface area contributed by atoms with E-state index in [9.17, 15) is 14.0 Å². The molecule has 5 aromatic rings. The van der Waals surface area contributed by atoms with Gasteiger partial charge in [-0.25, -0.2) is 19.2 Å². The van der Waals surface area contributed by atoms with E-state index in [2.05, 4.69) is 29.9 Å². The van der Waals surface area contributed by atoms with Crippen molar-refractivity contribution in [3.8, 4) is 23.0 Å². The molecule has 36 heavy (non-hydrogen) atoms. The molecule has 182 valence electrons. The second-order valence-corrected chi connectivity index (χ2v) is 8.70. The Kier molecular flexibility index (Phi) is 5.89. The van der Waals surface area contributed by atoms with Crippen molar-refractivity contribution in [3.63, 3.8) is 0 Å². The molecule has 4 aromatic heterocycles. The number of benzene rings is 1. The molecule has 0 bridgehead atoms. The highest BCUT2D eigenvalue weighted by molar-refractivity contribution is 6.29. The van der Waals surface area contributed by atoms with Crippen molar-refractivity contribution in [2.75, 3.05) is 5.32 Å². The molecule has 1 unspecified atom stereocenters. The summed E-state index contributed by atoms with van der Waals surface area (Å²) in [6.07, 6.45) is 1.07. The number of hydrogen-bond donors (Lipinski definition) is 2. The molecule has 1 aromatic carbocycles. The Morgan fingerprint density at radius 2 is 1.94 bits per heavy atom. The maximum atomic E-state index is 13.4. The molecule has 0 fully saturated rings. The lowest BCUT2D eigenvalue weighted by molar-refractivity contribution is 0.388. The molecule has 0 radical (unpaired) electrons. The summed E-state index contributed by atoms with van der Waals surface area (Å²) in [6.45, 7) is 5.42. The van der Waals surface area contributed by atoms with Gasteiger partial charge in [0.25, 0.3) is 0 Å². The van der Waals surface area contributed by atoms with Gasteiger partial charge in [0, 0.05) is 11.1 Å². The largest absolute Gasteiger partial charge is 0.454 e. The van der Waals surface area contributed by atoms with E-state index in [0.717, 1.165) is 11.8 Å². The fourth-order valence-electron chi connectivity index (χ4n) is 4.02. The minimum atomic E-state index is -0.727. The molecular weight excluding hydrogens is 489 g/mol. The number of aromatic nitrogens is 4. The van der Waals surface area contributed by atoms with Crippen LogP contribution < -0.4 is 16.5 Å². The predicted octanol–water partition coefficient (Wildman–Crippen LogP) is 5.18. The van der Waals surface area contributed by atoms with Crippen LogP contribution in [0.2, 0.25) is 5.15 Å². The number of hydrogen-bond acceptors (Lipinski definition) is 8. The summed E-state index contributed by atoms with van der Waals surface area (Å²) >= 11 is 6.08. The minimum absolute atomic E-state index is 0.109. The molecule has 1 atom stereocenters. The molecule has 0 spiro atoms. The van der Waals surface area contributed by atoms with Gasteiger partial charge in [0.1, 0.15) is 27.9 Å². The van der Waals surface area contributed by atoms with Gasteiger partial charge in [0.15, 0.2) is 11.2 Å². The van der Waals surface area contributed by atoms with Crippen LogP contribution >= 0.6 is 11.6 Å². The van der Waals surface area contributed by atoms with Gasteiger partial charge < -0.3 is 9.73 Å². The number of aromatic amines is 1. The standard InChI is InChI=1S/C25H19ClFN5O4/c1-11-8-15(13(3)29-17-6-7-19(26)30-20(17)24-31-25(34)36-32-24)23-16(9-11)21(33)12(2)22(35-23)18-5-4-14(27)10-28-18/h4-10,13,29H,1-3H3,(H,31,32,34). The van der Waals surface area contributed by atoms with Crippen LogP contribution in [0.25, 0.3) is 33.9 Å². The zero-order chi connectivity index (χ0) is 25.6. The lowest BCUT2D eigenvalue weighted by Crippen LogP contribution is -2.13. The summed E-state index contributed by atoms with van der Waals surface area (Å²) in [7, 11) is 0. The molecule has 0 saturated carbocycles. The zero-order valence-corrected chi connectivity index (χ0v) is 20.1. The monoisotopic (exact) mass is 507 g/mol. The van der Waals surface area contributed by atoms with Crippen molar-refractivity contribution in [1.82, 2.24) is 20.1 Å². The smallest absolute Gasteiger partial charge is 0.439 e. The van der Waals surface area contributed by atoms with Crippen molar-refractivity contribution in [3.05, 3.63) is 91.0 Å². The van der Waals surface area contributed by atoms with Gasteiger partial charge in [0.05, 0.1) is 23.3 Å². The van der Waals surface area contributed by atoms with Gasteiger partial charge >= 0.3 is 5.76 Å². The first-order valence-corrected chi connectivity index (χ1v) is 11.3. The third-order valence-corrected chi connectivity index (χ3v) is 5.93. The summed E-state index contributed by atoms with van der Waals surface area (Å²) in [5.41, 5.74) is 3.24. The lowest BCUT2D eigenvalue weighted by Gasteiger charge is -2.20. The highest BCUT2D eigenvalue weighted by atomic mass is 35.5. The first kappa shape index (κ1) is 23.4. The number of nitrogens with zero attached hydrogens (tertiary/aromatic N) is 3. The van der Waals surface area contributed by atoms with E-state index in [1.54, 1.807) is 25.1 Å². The van der Waals surface area contributed by atoms with Crippen LogP contribution in [0.15, 0.2) is 61.1 Å². The van der Waals surface area contributed by atoms with Crippen LogP contribution in [0.1, 0.15) is 29.7 Å². The van der Waals surface area contributed by atoms with Crippen LogP contribution in [0.3, 0.4) is 0 Å². The molecule has 0 saturated heterocycles. The molecule has 4 heterocycles. The van der Waals surface area contributed by atoms with Crippen molar-refractivity contribution in [2.24, 2.45) is 0 Å². The number of fused-ring (bicyclic) bond motifs is 1. The topological polar surface area (TPSA) is 127 Å². The average molecular weight is 508 g/mol. The first-order valence-electron chi connectivity index (χ1n) is 10.9. The fourth-order valence-corrected chi connectivity index (χ4v) is 4.17. The summed E-state index contributed by atoms with van der Waals surface area (Å²) in [4.78, 5) is 35.6. The molecule has 0 amide bonds. The number of rotatable bonds is 5. The molecular formula is C25H19ClFN5O4. The van der Waals surface area contributed by atoms with E-state index in [1.807, 2.05) is 19.9 Å². The van der Waals surface area contributed by atoms with Crippen LogP contribution in [0, 0.1) is 19.7 Å². The van der Waals surface area contributed by atoms with Crippen molar-refractivity contribution >= 4 is 28.3 Å². The number of H-pyrrole nitrogens is 1. The first-order chi connectivity index (χ1) is 17.2. The van der Waals surface area contributed by atoms with Gasteiger partial charge in [-0.3, -0.25) is 14.3 Å². The Labute approximate surface area is 208 Å². The molecule has 11 heteroatoms. The Morgan fingerprint density at radius 3 is 2.64 bits per heavy atom. The lowest BCUT2D eigenvalue weighted by atomic mass is 9.99. The molecule has 5 rings (SSSR count). The summed E-state index contributed by atoms with van der Waals surface area (Å²) in [6, 6.07) is 9.28. The Bertz CT molecular complexity index is 1730. The Hall–Kier alpha value is -4.31. The Morgan fingerprint density at radius 1 is 1.14 bits per heavy atom. The second kappa shape index (κ2) is 9.04. The molecule has 2 N–H and O–H groups in total. The Balaban J connectivity index is 1.64. The van der Waals surface area contributed by atoms with Crippen LogP contribution in [0.4, 0.5) is 10.1 Å². The number of anilines is 1. The fraction of sp³-hybridized carbons (Fsp3) is 0.160. The molecule has 0 aliphatic carbocycles. The van der Waals surface area contributed by atoms with E-state index in [-0.39, 0.29) is 27.9 Å². The second-order valence-electron chi connectivity index (χ2n) is 8.32. The zero-order valence-electron chi connectivity index (χ0n) is 19.3. The SMILES string of the molecule is Cc1cc(C(C)Nc2ccc(Cl)nc2-c2noc(=O)[nH]2)c2oc(-c3ccc(F)cn3)c(C)c(=O)c2c1. The van der Waals surface area contributed by atoms with Gasteiger partial charge in [-0.05, 0) is 56.7 Å². The summed E-state index contributed by atoms with van der Waals surface area (Å²) in [5.74, 6) is -0.846. The molecule has 9 nitrogen and oxygen atoms in total. The van der Waals surface area contributed by atoms with Gasteiger partial charge in [-0.2, -0.15) is 0 Å². The van der Waals surface area contributed by atoms with E-state index >= 15 is 0 Å². The summed E-state index contributed by atoms with van der Waals surface area (Å²) < 4.78 is 24.3. The normalized spacial score (nSPS) is 12.1. The quantitative estimate of drug-likeness (QED) is 0.312. The summed E-state index contributed by atoms with van der Waals surface area (Å²) in [5, 5.41) is 7.65. The van der Waals surface area contributed by atoms with E-state index in [1.165, 1.54) is 12.1 Å². The number of nitrogens with one attached hydrogen (secondary N) is 2. The maximum absolute atomic E-state index is 13.4.